The number of rotatable bonds is 4. The van der Waals surface area contributed by atoms with Gasteiger partial charge >= 0.3 is 0 Å². The van der Waals surface area contributed by atoms with Crippen LogP contribution in [-0.4, -0.2) is 57.8 Å². The van der Waals surface area contributed by atoms with Gasteiger partial charge in [-0.2, -0.15) is 0 Å². The molecule has 2 aliphatic rings. The minimum absolute atomic E-state index is 0.214. The molecule has 28 heavy (non-hydrogen) atoms. The average Bonchev–Trinajstić information content (AvgIpc) is 2.73. The van der Waals surface area contributed by atoms with Crippen molar-refractivity contribution in [2.45, 2.75) is 30.9 Å². The number of nitrogens with one attached hydrogen (secondary N) is 1. The van der Waals surface area contributed by atoms with E-state index in [9.17, 15) is 8.42 Å². The summed E-state index contributed by atoms with van der Waals surface area (Å²) in [6, 6.07) is 6.86. The predicted molar refractivity (Wildman–Crippen MR) is 105 cm³/mol. The zero-order chi connectivity index (χ0) is 19.7. The highest BCUT2D eigenvalue weighted by Crippen LogP contribution is 2.30. The van der Waals surface area contributed by atoms with Crippen molar-refractivity contribution in [2.75, 3.05) is 38.3 Å². The lowest BCUT2D eigenvalue weighted by Gasteiger charge is -2.36. The van der Waals surface area contributed by atoms with Gasteiger partial charge in [-0.05, 0) is 38.2 Å². The van der Waals surface area contributed by atoms with Gasteiger partial charge in [-0.1, -0.05) is 0 Å². The molecule has 0 radical (unpaired) electrons. The number of morpholine rings is 1. The van der Waals surface area contributed by atoms with Crippen LogP contribution in [-0.2, 0) is 32.5 Å². The van der Waals surface area contributed by atoms with E-state index < -0.39 is 10.0 Å². The van der Waals surface area contributed by atoms with Crippen LogP contribution >= 0.6 is 0 Å². The lowest BCUT2D eigenvalue weighted by Crippen LogP contribution is -2.45. The number of sulfonamides is 1. The molecular formula is C19H24N4O4S. The number of aromatic nitrogens is 2. The lowest BCUT2D eigenvalue weighted by molar-refractivity contribution is 0.0952. The van der Waals surface area contributed by atoms with Crippen molar-refractivity contribution in [1.29, 1.82) is 0 Å². The summed E-state index contributed by atoms with van der Waals surface area (Å²) in [7, 11) is -2.08. The fraction of sp³-hybridized carbons (Fsp3) is 0.474. The Morgan fingerprint density at radius 1 is 1.14 bits per heavy atom. The number of ether oxygens (including phenoxy) is 2. The van der Waals surface area contributed by atoms with E-state index >= 15 is 0 Å². The highest BCUT2D eigenvalue weighted by Gasteiger charge is 2.27. The Bertz CT molecular complexity index is 963. The van der Waals surface area contributed by atoms with Crippen molar-refractivity contribution in [3.8, 4) is 11.4 Å². The number of nitrogens with zero attached hydrogens (tertiary/aromatic N) is 3. The Kier molecular flexibility index (Phi) is 5.33. The molecule has 1 unspecified atom stereocenters. The molecule has 1 N–H and O–H groups in total. The van der Waals surface area contributed by atoms with Crippen molar-refractivity contribution in [3.63, 3.8) is 0 Å². The first-order valence-electron chi connectivity index (χ1n) is 9.35. The molecule has 0 amide bonds. The third kappa shape index (κ3) is 3.62. The van der Waals surface area contributed by atoms with E-state index in [0.29, 0.717) is 32.3 Å². The van der Waals surface area contributed by atoms with Crippen molar-refractivity contribution in [2.24, 2.45) is 0 Å². The van der Waals surface area contributed by atoms with Gasteiger partial charge in [0.1, 0.15) is 5.82 Å². The minimum atomic E-state index is -3.47. The number of hydrogen-bond donors (Lipinski definition) is 1. The summed E-state index contributed by atoms with van der Waals surface area (Å²) in [5.74, 6) is 1.49. The topological polar surface area (TPSA) is 93.7 Å². The van der Waals surface area contributed by atoms with Crippen LogP contribution in [0.2, 0.25) is 0 Å². The van der Waals surface area contributed by atoms with Gasteiger partial charge < -0.3 is 14.4 Å². The maximum Gasteiger partial charge on any atom is 0.240 e. The van der Waals surface area contributed by atoms with Crippen molar-refractivity contribution >= 4 is 15.8 Å². The highest BCUT2D eigenvalue weighted by atomic mass is 32.2. The molecule has 9 heteroatoms. The molecule has 1 aromatic carbocycles. The second kappa shape index (κ2) is 7.75. The van der Waals surface area contributed by atoms with E-state index in [-0.39, 0.29) is 10.9 Å². The number of hydrogen-bond acceptors (Lipinski definition) is 7. The minimum Gasteiger partial charge on any atom is -0.377 e. The summed E-state index contributed by atoms with van der Waals surface area (Å²) in [5, 5.41) is 0. The molecule has 8 nitrogen and oxygen atoms in total. The van der Waals surface area contributed by atoms with Gasteiger partial charge in [-0.3, -0.25) is 0 Å². The molecule has 0 aliphatic carbocycles. The van der Waals surface area contributed by atoms with Gasteiger partial charge in [0.05, 0.1) is 43.1 Å². The summed E-state index contributed by atoms with van der Waals surface area (Å²) in [5.41, 5.74) is 2.82. The molecule has 2 aromatic rings. The second-order valence-electron chi connectivity index (χ2n) is 6.95. The Morgan fingerprint density at radius 3 is 2.64 bits per heavy atom. The first-order chi connectivity index (χ1) is 13.5. The fourth-order valence-electron chi connectivity index (χ4n) is 3.52. The molecule has 2 aliphatic heterocycles. The molecule has 0 bridgehead atoms. The molecule has 4 rings (SSSR count). The molecule has 3 heterocycles. The van der Waals surface area contributed by atoms with Crippen LogP contribution in [0, 0.1) is 0 Å². The van der Waals surface area contributed by atoms with Crippen LogP contribution in [0.1, 0.15) is 18.2 Å². The molecule has 0 spiro atoms. The van der Waals surface area contributed by atoms with E-state index in [1.807, 2.05) is 0 Å². The summed E-state index contributed by atoms with van der Waals surface area (Å²) in [6.45, 7) is 5.36. The van der Waals surface area contributed by atoms with Gasteiger partial charge in [-0.25, -0.2) is 23.1 Å². The van der Waals surface area contributed by atoms with Crippen molar-refractivity contribution < 1.29 is 17.9 Å². The maximum atomic E-state index is 12.0. The predicted octanol–water partition coefficient (Wildman–Crippen LogP) is 1.35. The average molecular weight is 404 g/mol. The highest BCUT2D eigenvalue weighted by molar-refractivity contribution is 7.89. The monoisotopic (exact) mass is 404 g/mol. The third-order valence-corrected chi connectivity index (χ3v) is 6.56. The van der Waals surface area contributed by atoms with Crippen molar-refractivity contribution in [1.82, 2.24) is 14.7 Å². The van der Waals surface area contributed by atoms with Crippen LogP contribution in [0.15, 0.2) is 29.2 Å². The smallest absolute Gasteiger partial charge is 0.240 e. The van der Waals surface area contributed by atoms with Gasteiger partial charge in [0.25, 0.3) is 0 Å². The van der Waals surface area contributed by atoms with Gasteiger partial charge in [0.2, 0.25) is 10.0 Å². The Hall–Kier alpha value is -2.07. The standard InChI is InChI=1S/C19H24N4O4S/c1-13-11-27-10-8-23(13)19-16-12-26-9-7-17(16)21-18(22-19)14-3-5-15(6-4-14)28(24,25)20-2/h3-6,13,20H,7-12H2,1-2H3. The zero-order valence-electron chi connectivity index (χ0n) is 16.0. The molecule has 1 aromatic heterocycles. The Balaban J connectivity index is 1.76. The first kappa shape index (κ1) is 19.3. The van der Waals surface area contributed by atoms with Crippen LogP contribution in [0.3, 0.4) is 0 Å². The summed E-state index contributed by atoms with van der Waals surface area (Å²) < 4.78 is 37.5. The van der Waals surface area contributed by atoms with Gasteiger partial charge in [0, 0.05) is 24.1 Å². The molecule has 150 valence electrons. The zero-order valence-corrected chi connectivity index (χ0v) is 16.8. The van der Waals surface area contributed by atoms with Crippen LogP contribution < -0.4 is 9.62 Å². The molecule has 1 fully saturated rings. The molecular weight excluding hydrogens is 380 g/mol. The SMILES string of the molecule is CNS(=O)(=O)c1ccc(-c2nc3c(c(N4CCOCC4C)n2)COCC3)cc1. The summed E-state index contributed by atoms with van der Waals surface area (Å²) in [4.78, 5) is 12.1. The second-order valence-corrected chi connectivity index (χ2v) is 8.83. The fourth-order valence-corrected chi connectivity index (χ4v) is 4.25. The number of fused-ring (bicyclic) bond motifs is 1. The largest absolute Gasteiger partial charge is 0.377 e. The lowest BCUT2D eigenvalue weighted by atomic mass is 10.1. The maximum absolute atomic E-state index is 12.0. The molecule has 1 saturated heterocycles. The van der Waals surface area contributed by atoms with Crippen LogP contribution in [0.4, 0.5) is 5.82 Å². The van der Waals surface area contributed by atoms with E-state index in [0.717, 1.165) is 35.6 Å². The van der Waals surface area contributed by atoms with Gasteiger partial charge in [0.15, 0.2) is 5.82 Å². The third-order valence-electron chi connectivity index (χ3n) is 5.13. The summed E-state index contributed by atoms with van der Waals surface area (Å²) >= 11 is 0. The van der Waals surface area contributed by atoms with Crippen molar-refractivity contribution in [3.05, 3.63) is 35.5 Å². The molecule has 0 saturated carbocycles. The van der Waals surface area contributed by atoms with E-state index in [2.05, 4.69) is 16.5 Å². The van der Waals surface area contributed by atoms with Crippen LogP contribution in [0.5, 0.6) is 0 Å². The summed E-state index contributed by atoms with van der Waals surface area (Å²) in [6.07, 6.45) is 0.739. The Labute approximate surface area is 164 Å². The number of anilines is 1. The van der Waals surface area contributed by atoms with E-state index in [4.69, 9.17) is 19.4 Å². The van der Waals surface area contributed by atoms with E-state index in [1.165, 1.54) is 7.05 Å². The van der Waals surface area contributed by atoms with Gasteiger partial charge in [-0.15, -0.1) is 0 Å². The normalized spacial score (nSPS) is 20.1. The Morgan fingerprint density at radius 2 is 1.93 bits per heavy atom. The molecule has 1 atom stereocenters. The quantitative estimate of drug-likeness (QED) is 0.822. The number of benzene rings is 1. The van der Waals surface area contributed by atoms with E-state index in [1.54, 1.807) is 24.3 Å². The first-order valence-corrected chi connectivity index (χ1v) is 10.8. The van der Waals surface area contributed by atoms with Crippen LogP contribution in [0.25, 0.3) is 11.4 Å².